The fourth-order valence-electron chi connectivity index (χ4n) is 2.23. The predicted molar refractivity (Wildman–Crippen MR) is 82.6 cm³/mol. The molecule has 0 radical (unpaired) electrons. The fourth-order valence-corrected chi connectivity index (χ4v) is 2.23. The highest BCUT2D eigenvalue weighted by Gasteiger charge is 2.17. The number of nitrogens with one attached hydrogen (secondary N) is 1. The molecule has 0 saturated carbocycles. The van der Waals surface area contributed by atoms with E-state index in [9.17, 15) is 4.79 Å². The molecule has 0 bridgehead atoms. The lowest BCUT2D eigenvalue weighted by Gasteiger charge is -2.22. The molecule has 7 nitrogen and oxygen atoms in total. The molecule has 1 aliphatic rings. The summed E-state index contributed by atoms with van der Waals surface area (Å²) in [5.74, 6) is 1.30. The summed E-state index contributed by atoms with van der Waals surface area (Å²) >= 11 is 0. The van der Waals surface area contributed by atoms with Crippen LogP contribution in [0.25, 0.3) is 0 Å². The number of carbonyl (C=O) groups is 1. The Bertz CT molecular complexity index is 656. The molecule has 2 amide bonds. The highest BCUT2D eigenvalue weighted by molar-refractivity contribution is 5.89. The number of methoxy groups -OCH3 is 1. The summed E-state index contributed by atoms with van der Waals surface area (Å²) in [6.45, 7) is 1.56. The van der Waals surface area contributed by atoms with Gasteiger partial charge in [-0.15, -0.1) is 0 Å². The number of nitrogens with zero attached hydrogens (tertiary/aromatic N) is 1. The van der Waals surface area contributed by atoms with Gasteiger partial charge in [-0.1, -0.05) is 0 Å². The minimum absolute atomic E-state index is 0.202. The topological polar surface area (TPSA) is 73.2 Å². The van der Waals surface area contributed by atoms with Gasteiger partial charge in [-0.25, -0.2) is 4.79 Å². The van der Waals surface area contributed by atoms with Gasteiger partial charge in [0.15, 0.2) is 11.5 Å². The SMILES string of the molecule is COCCN(Cc1ccoc1)C(=O)Nc1ccc2c(c1)OCO2. The molecule has 0 atom stereocenters. The number of hydrogen-bond acceptors (Lipinski definition) is 5. The molecule has 2 aromatic rings. The molecule has 0 aliphatic carbocycles. The highest BCUT2D eigenvalue weighted by atomic mass is 16.7. The van der Waals surface area contributed by atoms with Crippen LogP contribution in [0.1, 0.15) is 5.56 Å². The van der Waals surface area contributed by atoms with Crippen molar-refractivity contribution >= 4 is 11.7 Å². The van der Waals surface area contributed by atoms with Crippen LogP contribution in [0.15, 0.2) is 41.2 Å². The van der Waals surface area contributed by atoms with Crippen molar-refractivity contribution in [1.82, 2.24) is 4.90 Å². The number of amides is 2. The quantitative estimate of drug-likeness (QED) is 0.886. The third-order valence-electron chi connectivity index (χ3n) is 3.43. The van der Waals surface area contributed by atoms with Crippen molar-refractivity contribution in [2.45, 2.75) is 6.54 Å². The largest absolute Gasteiger partial charge is 0.472 e. The maximum absolute atomic E-state index is 12.5. The van der Waals surface area contributed by atoms with Gasteiger partial charge in [0.05, 0.1) is 25.7 Å². The number of anilines is 1. The maximum Gasteiger partial charge on any atom is 0.322 e. The highest BCUT2D eigenvalue weighted by Crippen LogP contribution is 2.34. The minimum atomic E-state index is -0.220. The Morgan fingerprint density at radius 3 is 2.96 bits per heavy atom. The van der Waals surface area contributed by atoms with E-state index in [-0.39, 0.29) is 12.8 Å². The smallest absolute Gasteiger partial charge is 0.322 e. The third kappa shape index (κ3) is 3.75. The van der Waals surface area contributed by atoms with Gasteiger partial charge in [0.1, 0.15) is 0 Å². The second-order valence-corrected chi connectivity index (χ2v) is 5.04. The van der Waals surface area contributed by atoms with Gasteiger partial charge in [-0.3, -0.25) is 0 Å². The van der Waals surface area contributed by atoms with Crippen LogP contribution in [0.5, 0.6) is 11.5 Å². The zero-order valence-electron chi connectivity index (χ0n) is 12.8. The van der Waals surface area contributed by atoms with Crippen molar-refractivity contribution in [1.29, 1.82) is 0 Å². The van der Waals surface area contributed by atoms with Crippen LogP contribution in [0.3, 0.4) is 0 Å². The molecule has 122 valence electrons. The van der Waals surface area contributed by atoms with Crippen LogP contribution in [-0.4, -0.2) is 38.0 Å². The molecule has 1 N–H and O–H groups in total. The first-order valence-electron chi connectivity index (χ1n) is 7.22. The molecule has 0 spiro atoms. The Labute approximate surface area is 133 Å². The molecule has 1 aromatic carbocycles. The van der Waals surface area contributed by atoms with E-state index in [1.54, 1.807) is 42.7 Å². The van der Waals surface area contributed by atoms with E-state index in [1.165, 1.54) is 0 Å². The normalized spacial score (nSPS) is 12.2. The summed E-state index contributed by atoms with van der Waals surface area (Å²) in [4.78, 5) is 14.2. The van der Waals surface area contributed by atoms with Crippen molar-refractivity contribution in [2.24, 2.45) is 0 Å². The number of urea groups is 1. The number of hydrogen-bond donors (Lipinski definition) is 1. The molecule has 3 rings (SSSR count). The number of carbonyl (C=O) groups excluding carboxylic acids is 1. The van der Waals surface area contributed by atoms with E-state index < -0.39 is 0 Å². The molecular formula is C16H18N2O5. The molecule has 1 aromatic heterocycles. The average Bonchev–Trinajstić information content (AvgIpc) is 3.22. The second-order valence-electron chi connectivity index (χ2n) is 5.04. The Kier molecular flexibility index (Phi) is 4.68. The molecule has 2 heterocycles. The maximum atomic E-state index is 12.5. The van der Waals surface area contributed by atoms with Gasteiger partial charge >= 0.3 is 6.03 Å². The van der Waals surface area contributed by atoms with Crippen molar-refractivity contribution in [3.63, 3.8) is 0 Å². The standard InChI is InChI=1S/C16H18N2O5/c1-20-7-5-18(9-12-4-6-21-10-12)16(19)17-13-2-3-14-15(8-13)23-11-22-14/h2-4,6,8,10H,5,7,9,11H2,1H3,(H,17,19). The monoisotopic (exact) mass is 318 g/mol. The zero-order chi connectivity index (χ0) is 16.1. The van der Waals surface area contributed by atoms with E-state index in [2.05, 4.69) is 5.32 Å². The van der Waals surface area contributed by atoms with Crippen molar-refractivity contribution in [2.75, 3.05) is 32.4 Å². The van der Waals surface area contributed by atoms with Gasteiger partial charge in [-0.05, 0) is 18.2 Å². The molecule has 7 heteroatoms. The Balaban J connectivity index is 1.67. The van der Waals surface area contributed by atoms with Gasteiger partial charge in [0, 0.05) is 31.0 Å². The molecule has 0 unspecified atom stereocenters. The number of fused-ring (bicyclic) bond motifs is 1. The van der Waals surface area contributed by atoms with Gasteiger partial charge in [0.2, 0.25) is 6.79 Å². The number of rotatable bonds is 6. The summed E-state index contributed by atoms with van der Waals surface area (Å²) in [5.41, 5.74) is 1.57. The first kappa shape index (κ1) is 15.2. The van der Waals surface area contributed by atoms with Crippen LogP contribution in [0.4, 0.5) is 10.5 Å². The predicted octanol–water partition coefficient (Wildman–Crippen LogP) is 2.69. The summed E-state index contributed by atoms with van der Waals surface area (Å²) in [6, 6.07) is 6.90. The third-order valence-corrected chi connectivity index (χ3v) is 3.43. The lowest BCUT2D eigenvalue weighted by molar-refractivity contribution is 0.152. The Morgan fingerprint density at radius 1 is 1.30 bits per heavy atom. The molecule has 1 aliphatic heterocycles. The lowest BCUT2D eigenvalue weighted by Crippen LogP contribution is -2.36. The molecule has 0 saturated heterocycles. The number of benzene rings is 1. The number of ether oxygens (including phenoxy) is 3. The summed E-state index contributed by atoms with van der Waals surface area (Å²) in [7, 11) is 1.60. The van der Waals surface area contributed by atoms with Gasteiger partial charge < -0.3 is 28.8 Å². The molecule has 23 heavy (non-hydrogen) atoms. The summed E-state index contributed by atoms with van der Waals surface area (Å²) < 4.78 is 20.7. The average molecular weight is 318 g/mol. The van der Waals surface area contributed by atoms with Gasteiger partial charge in [0.25, 0.3) is 0 Å². The van der Waals surface area contributed by atoms with Crippen LogP contribution in [-0.2, 0) is 11.3 Å². The first-order valence-corrected chi connectivity index (χ1v) is 7.22. The van der Waals surface area contributed by atoms with Crippen molar-refractivity contribution in [3.05, 3.63) is 42.4 Å². The van der Waals surface area contributed by atoms with Crippen LogP contribution in [0.2, 0.25) is 0 Å². The summed E-state index contributed by atoms with van der Waals surface area (Å²) in [5, 5.41) is 2.86. The second kappa shape index (κ2) is 7.06. The Hall–Kier alpha value is -2.67. The molecule has 0 fully saturated rings. The Morgan fingerprint density at radius 2 is 2.17 bits per heavy atom. The van der Waals surface area contributed by atoms with E-state index in [1.807, 2.05) is 6.07 Å². The fraction of sp³-hybridized carbons (Fsp3) is 0.312. The van der Waals surface area contributed by atoms with E-state index in [0.29, 0.717) is 36.9 Å². The van der Waals surface area contributed by atoms with Crippen molar-refractivity contribution in [3.8, 4) is 11.5 Å². The summed E-state index contributed by atoms with van der Waals surface area (Å²) in [6.07, 6.45) is 3.20. The van der Waals surface area contributed by atoms with Gasteiger partial charge in [-0.2, -0.15) is 0 Å². The molecular weight excluding hydrogens is 300 g/mol. The van der Waals surface area contributed by atoms with E-state index in [4.69, 9.17) is 18.6 Å². The van der Waals surface area contributed by atoms with E-state index in [0.717, 1.165) is 5.56 Å². The lowest BCUT2D eigenvalue weighted by atomic mass is 10.2. The van der Waals surface area contributed by atoms with Crippen LogP contribution >= 0.6 is 0 Å². The minimum Gasteiger partial charge on any atom is -0.472 e. The van der Waals surface area contributed by atoms with E-state index >= 15 is 0 Å². The van der Waals surface area contributed by atoms with Crippen LogP contribution < -0.4 is 14.8 Å². The van der Waals surface area contributed by atoms with Crippen LogP contribution in [0, 0.1) is 0 Å². The first-order chi connectivity index (χ1) is 11.3. The van der Waals surface area contributed by atoms with Crippen molar-refractivity contribution < 1.29 is 23.4 Å². The number of furan rings is 1. The zero-order valence-corrected chi connectivity index (χ0v) is 12.8.